The molecule has 0 unspecified atom stereocenters. The molecule has 1 saturated carbocycles. The molecule has 0 aromatic carbocycles. The largest absolute Gasteiger partial charge is 0.291 e. The molecule has 0 aliphatic heterocycles. The first-order valence-electron chi connectivity index (χ1n) is 6.42. The van der Waals surface area contributed by atoms with Crippen molar-refractivity contribution < 1.29 is 0 Å². The molecule has 1 aliphatic carbocycles. The number of nitrogens with zero attached hydrogens (tertiary/aromatic N) is 2. The lowest BCUT2D eigenvalue weighted by Gasteiger charge is -2.03. The molecule has 0 amide bonds. The van der Waals surface area contributed by atoms with Crippen molar-refractivity contribution in [1.29, 1.82) is 0 Å². The Labute approximate surface area is 117 Å². The Hall–Kier alpha value is -0.830. The third-order valence-electron chi connectivity index (χ3n) is 5.10. The number of imidazole rings is 1. The van der Waals surface area contributed by atoms with Crippen LogP contribution < -0.4 is 0 Å². The quantitative estimate of drug-likeness (QED) is 0.755. The van der Waals surface area contributed by atoms with Crippen molar-refractivity contribution in [3.05, 3.63) is 34.2 Å². The Morgan fingerprint density at radius 1 is 1.17 bits per heavy atom. The fraction of sp³-hybridized carbons (Fsp3) is 0.533. The van der Waals surface area contributed by atoms with E-state index in [4.69, 9.17) is 4.98 Å². The van der Waals surface area contributed by atoms with Crippen LogP contribution in [0.1, 0.15) is 45.0 Å². The summed E-state index contributed by atoms with van der Waals surface area (Å²) in [4.78, 5) is 4.84. The van der Waals surface area contributed by atoms with Crippen LogP contribution in [-0.2, 0) is 0 Å². The van der Waals surface area contributed by atoms with Crippen LogP contribution in [0.2, 0.25) is 0 Å². The molecule has 3 rings (SSSR count). The third kappa shape index (κ3) is 1.31. The van der Waals surface area contributed by atoms with Gasteiger partial charge in [-0.3, -0.25) is 4.40 Å². The minimum Gasteiger partial charge on any atom is -0.291 e. The summed E-state index contributed by atoms with van der Waals surface area (Å²) in [5.41, 5.74) is 4.10. The van der Waals surface area contributed by atoms with Gasteiger partial charge in [-0.05, 0) is 45.8 Å². The van der Waals surface area contributed by atoms with Crippen molar-refractivity contribution in [3.8, 4) is 0 Å². The number of halogens is 1. The van der Waals surface area contributed by atoms with Gasteiger partial charge in [0, 0.05) is 11.6 Å². The molecule has 2 aromatic heterocycles. The maximum Gasteiger partial charge on any atom is 0.138 e. The molecule has 0 spiro atoms. The Kier molecular flexibility index (Phi) is 2.30. The van der Waals surface area contributed by atoms with Crippen LogP contribution in [0.5, 0.6) is 0 Å². The summed E-state index contributed by atoms with van der Waals surface area (Å²) < 4.78 is 3.32. The van der Waals surface area contributed by atoms with Gasteiger partial charge in [-0.15, -0.1) is 0 Å². The molecular formula is C15H19BrN2. The van der Waals surface area contributed by atoms with Gasteiger partial charge in [0.25, 0.3) is 0 Å². The summed E-state index contributed by atoms with van der Waals surface area (Å²) in [6, 6.07) is 6.26. The minimum atomic E-state index is 0.321. The number of hydrogen-bond donors (Lipinski definition) is 0. The van der Waals surface area contributed by atoms with E-state index in [0.29, 0.717) is 16.7 Å². The summed E-state index contributed by atoms with van der Waals surface area (Å²) >= 11 is 3.75. The Morgan fingerprint density at radius 3 is 2.28 bits per heavy atom. The number of pyridine rings is 1. The first-order chi connectivity index (χ1) is 8.28. The molecule has 18 heavy (non-hydrogen) atoms. The van der Waals surface area contributed by atoms with E-state index in [-0.39, 0.29) is 0 Å². The van der Waals surface area contributed by atoms with E-state index in [1.807, 2.05) is 0 Å². The van der Waals surface area contributed by atoms with Crippen LogP contribution in [-0.4, -0.2) is 9.38 Å². The maximum atomic E-state index is 4.84. The van der Waals surface area contributed by atoms with Crippen LogP contribution in [0.15, 0.2) is 22.8 Å². The standard InChI is InChI=1S/C15H19BrN2/c1-9-7-6-8-10-17-11(13(16)18(9)10)12-14(2,3)15(12,4)5/h6-8,12H,1-5H3. The van der Waals surface area contributed by atoms with Gasteiger partial charge in [0.1, 0.15) is 10.3 Å². The Bertz CT molecular complexity index is 623. The average molecular weight is 307 g/mol. The van der Waals surface area contributed by atoms with Crippen molar-refractivity contribution in [3.63, 3.8) is 0 Å². The van der Waals surface area contributed by atoms with Crippen molar-refractivity contribution in [2.24, 2.45) is 10.8 Å². The fourth-order valence-electron chi connectivity index (χ4n) is 3.29. The topological polar surface area (TPSA) is 17.3 Å². The average Bonchev–Trinajstić information content (AvgIpc) is 2.53. The second-order valence-corrected chi connectivity index (χ2v) is 7.28. The normalized spacial score (nSPS) is 21.4. The zero-order chi connectivity index (χ0) is 13.3. The van der Waals surface area contributed by atoms with Crippen LogP contribution in [0.3, 0.4) is 0 Å². The Balaban J connectivity index is 2.22. The van der Waals surface area contributed by atoms with E-state index < -0.39 is 0 Å². The van der Waals surface area contributed by atoms with Gasteiger partial charge in [-0.1, -0.05) is 33.8 Å². The molecule has 1 fully saturated rings. The van der Waals surface area contributed by atoms with E-state index >= 15 is 0 Å². The summed E-state index contributed by atoms with van der Waals surface area (Å²) in [7, 11) is 0. The molecule has 2 nitrogen and oxygen atoms in total. The summed E-state index contributed by atoms with van der Waals surface area (Å²) in [6.45, 7) is 11.5. The van der Waals surface area contributed by atoms with Crippen molar-refractivity contribution >= 4 is 21.6 Å². The van der Waals surface area contributed by atoms with E-state index in [0.717, 1.165) is 10.3 Å². The molecular weight excluding hydrogens is 288 g/mol. The summed E-state index contributed by atoms with van der Waals surface area (Å²) in [5.74, 6) is 0.527. The van der Waals surface area contributed by atoms with Crippen LogP contribution in [0.25, 0.3) is 5.65 Å². The molecule has 2 aromatic rings. The van der Waals surface area contributed by atoms with E-state index in [1.165, 1.54) is 11.4 Å². The van der Waals surface area contributed by atoms with Crippen molar-refractivity contribution in [2.45, 2.75) is 40.5 Å². The first kappa shape index (κ1) is 12.2. The highest BCUT2D eigenvalue weighted by Gasteiger charge is 2.66. The van der Waals surface area contributed by atoms with Crippen LogP contribution in [0, 0.1) is 17.8 Å². The smallest absolute Gasteiger partial charge is 0.138 e. The van der Waals surface area contributed by atoms with Gasteiger partial charge in [-0.2, -0.15) is 0 Å². The molecule has 0 saturated heterocycles. The highest BCUT2D eigenvalue weighted by Crippen LogP contribution is 2.74. The molecule has 2 heterocycles. The summed E-state index contributed by atoms with van der Waals surface area (Å²) in [5, 5.41) is 0. The number of rotatable bonds is 1. The lowest BCUT2D eigenvalue weighted by Crippen LogP contribution is -1.95. The number of fused-ring (bicyclic) bond motifs is 1. The van der Waals surface area contributed by atoms with Crippen molar-refractivity contribution in [2.75, 3.05) is 0 Å². The minimum absolute atomic E-state index is 0.321. The third-order valence-corrected chi connectivity index (χ3v) is 5.86. The SMILES string of the molecule is Cc1cccc2nc(C3C(C)(C)C3(C)C)c(Br)n12. The number of hydrogen-bond acceptors (Lipinski definition) is 1. The van der Waals surface area contributed by atoms with Gasteiger partial charge in [-0.25, -0.2) is 4.98 Å². The second kappa shape index (κ2) is 3.38. The molecule has 1 aliphatic rings. The molecule has 3 heteroatoms. The van der Waals surface area contributed by atoms with Gasteiger partial charge in [0.15, 0.2) is 0 Å². The second-order valence-electron chi connectivity index (χ2n) is 6.53. The van der Waals surface area contributed by atoms with Crippen molar-refractivity contribution in [1.82, 2.24) is 9.38 Å². The molecule has 0 N–H and O–H groups in total. The maximum absolute atomic E-state index is 4.84. The lowest BCUT2D eigenvalue weighted by atomic mass is 10.0. The number of aromatic nitrogens is 2. The van der Waals surface area contributed by atoms with Crippen LogP contribution >= 0.6 is 15.9 Å². The van der Waals surface area contributed by atoms with E-state index in [2.05, 4.69) is 73.1 Å². The van der Waals surface area contributed by atoms with Gasteiger partial charge in [0.2, 0.25) is 0 Å². The van der Waals surface area contributed by atoms with Gasteiger partial charge < -0.3 is 0 Å². The highest BCUT2D eigenvalue weighted by atomic mass is 79.9. The summed E-state index contributed by atoms with van der Waals surface area (Å²) in [6.07, 6.45) is 0. The van der Waals surface area contributed by atoms with Crippen LogP contribution in [0.4, 0.5) is 0 Å². The van der Waals surface area contributed by atoms with Gasteiger partial charge >= 0.3 is 0 Å². The molecule has 0 atom stereocenters. The van der Waals surface area contributed by atoms with E-state index in [9.17, 15) is 0 Å². The lowest BCUT2D eigenvalue weighted by molar-refractivity contribution is 0.457. The fourth-order valence-corrected chi connectivity index (χ4v) is 4.07. The van der Waals surface area contributed by atoms with Gasteiger partial charge in [0.05, 0.1) is 5.69 Å². The van der Waals surface area contributed by atoms with E-state index in [1.54, 1.807) is 0 Å². The zero-order valence-electron chi connectivity index (χ0n) is 11.6. The molecule has 0 bridgehead atoms. The first-order valence-corrected chi connectivity index (χ1v) is 7.21. The monoisotopic (exact) mass is 306 g/mol. The molecule has 96 valence electrons. The number of aryl methyl sites for hydroxylation is 1. The highest BCUT2D eigenvalue weighted by molar-refractivity contribution is 9.10. The zero-order valence-corrected chi connectivity index (χ0v) is 13.2. The predicted octanol–water partition coefficient (Wildman–Crippen LogP) is 4.55. The molecule has 0 radical (unpaired) electrons. The predicted molar refractivity (Wildman–Crippen MR) is 77.9 cm³/mol. The Morgan fingerprint density at radius 2 is 1.78 bits per heavy atom.